The largest absolute Gasteiger partial charge is 0.274 e. The third-order valence-electron chi connectivity index (χ3n) is 1.96. The van der Waals surface area contributed by atoms with Crippen molar-refractivity contribution in [3.05, 3.63) is 23.8 Å². The van der Waals surface area contributed by atoms with E-state index in [9.17, 15) is 0 Å². The summed E-state index contributed by atoms with van der Waals surface area (Å²) in [5, 5.41) is 1.80. The number of thioether (sulfide) groups is 1. The van der Waals surface area contributed by atoms with Crippen LogP contribution in [0.1, 0.15) is 13.8 Å². The van der Waals surface area contributed by atoms with Crippen molar-refractivity contribution >= 4 is 16.8 Å². The van der Waals surface area contributed by atoms with Gasteiger partial charge in [-0.3, -0.25) is 4.99 Å². The van der Waals surface area contributed by atoms with Crippen LogP contribution < -0.4 is 0 Å². The molecule has 2 atom stereocenters. The predicted molar refractivity (Wildman–Crippen MR) is 51.2 cm³/mol. The fraction of sp³-hybridized carbons (Fsp3) is 0.444. The molecule has 0 radical (unpaired) electrons. The lowest BCUT2D eigenvalue weighted by Gasteiger charge is -2.13. The highest BCUT2D eigenvalue weighted by Crippen LogP contribution is 2.31. The van der Waals surface area contributed by atoms with Crippen molar-refractivity contribution in [2.24, 2.45) is 4.99 Å². The molecule has 2 aliphatic rings. The number of allylic oxidation sites excluding steroid dienone is 2. The third-order valence-corrected chi connectivity index (χ3v) is 3.09. The Morgan fingerprint density at radius 3 is 3.09 bits per heavy atom. The fourth-order valence-electron chi connectivity index (χ4n) is 1.43. The van der Waals surface area contributed by atoms with Gasteiger partial charge in [0.1, 0.15) is 0 Å². The second-order valence-electron chi connectivity index (χ2n) is 2.99. The van der Waals surface area contributed by atoms with Crippen molar-refractivity contribution in [1.29, 1.82) is 0 Å². The van der Waals surface area contributed by atoms with E-state index in [1.165, 1.54) is 10.6 Å². The summed E-state index contributed by atoms with van der Waals surface area (Å²) < 4.78 is 0. The number of rotatable bonds is 0. The molecule has 0 saturated heterocycles. The molecule has 0 amide bonds. The van der Waals surface area contributed by atoms with Crippen LogP contribution in [0, 0.1) is 0 Å². The van der Waals surface area contributed by atoms with Gasteiger partial charge in [0, 0.05) is 0 Å². The van der Waals surface area contributed by atoms with E-state index in [-0.39, 0.29) is 0 Å². The molecule has 0 saturated carbocycles. The molecule has 1 aliphatic heterocycles. The first-order valence-corrected chi connectivity index (χ1v) is 4.71. The number of aliphatic imine (C=N–C) groups is 1. The van der Waals surface area contributed by atoms with Gasteiger partial charge < -0.3 is 0 Å². The van der Waals surface area contributed by atoms with Gasteiger partial charge in [-0.2, -0.15) is 0 Å². The van der Waals surface area contributed by atoms with Crippen LogP contribution in [-0.2, 0) is 0 Å². The smallest absolute Gasteiger partial charge is 0.0850 e. The normalized spacial score (nSPS) is 34.7. The minimum Gasteiger partial charge on any atom is -0.274 e. The summed E-state index contributed by atoms with van der Waals surface area (Å²) in [6, 6.07) is 0.420. The maximum Gasteiger partial charge on any atom is 0.0850 e. The molecule has 0 aromatic rings. The Morgan fingerprint density at radius 2 is 2.27 bits per heavy atom. The quantitative estimate of drug-likeness (QED) is 0.537. The van der Waals surface area contributed by atoms with Crippen molar-refractivity contribution in [2.75, 3.05) is 0 Å². The molecule has 0 bridgehead atoms. The van der Waals surface area contributed by atoms with Crippen LogP contribution in [0.4, 0.5) is 0 Å². The highest BCUT2D eigenvalue weighted by Gasteiger charge is 2.25. The van der Waals surface area contributed by atoms with Gasteiger partial charge in [-0.05, 0) is 13.8 Å². The molecular formula is C9H11NS. The third kappa shape index (κ3) is 1.27. The monoisotopic (exact) mass is 165 g/mol. The van der Waals surface area contributed by atoms with Crippen LogP contribution in [0.2, 0.25) is 0 Å². The average molecular weight is 165 g/mol. The first-order chi connectivity index (χ1) is 5.25. The van der Waals surface area contributed by atoms with E-state index in [4.69, 9.17) is 0 Å². The Kier molecular flexibility index (Phi) is 1.64. The second-order valence-corrected chi connectivity index (χ2v) is 4.36. The lowest BCUT2D eigenvalue weighted by atomic mass is 10.0. The summed E-state index contributed by atoms with van der Waals surface area (Å²) >= 11 is 1.88. The molecule has 1 aliphatic carbocycles. The molecule has 0 fully saturated rings. The lowest BCUT2D eigenvalue weighted by molar-refractivity contribution is 0.853. The van der Waals surface area contributed by atoms with Crippen molar-refractivity contribution in [1.82, 2.24) is 0 Å². The van der Waals surface area contributed by atoms with Gasteiger partial charge in [0.05, 0.1) is 16.3 Å². The van der Waals surface area contributed by atoms with Crippen molar-refractivity contribution < 1.29 is 0 Å². The van der Waals surface area contributed by atoms with Crippen LogP contribution in [-0.4, -0.2) is 16.3 Å². The Bertz CT molecular complexity index is 263. The highest BCUT2D eigenvalue weighted by molar-refractivity contribution is 8.14. The number of hydrogen-bond acceptors (Lipinski definition) is 2. The lowest BCUT2D eigenvalue weighted by Crippen LogP contribution is -2.14. The van der Waals surface area contributed by atoms with Crippen LogP contribution in [0.25, 0.3) is 0 Å². The Balaban J connectivity index is 2.25. The van der Waals surface area contributed by atoms with Crippen molar-refractivity contribution in [2.45, 2.75) is 25.1 Å². The number of nitrogens with zero attached hydrogens (tertiary/aromatic N) is 1. The summed E-state index contributed by atoms with van der Waals surface area (Å²) in [7, 11) is 0. The summed E-state index contributed by atoms with van der Waals surface area (Å²) in [5.41, 5.74) is 1.36. The molecule has 58 valence electrons. The van der Waals surface area contributed by atoms with E-state index >= 15 is 0 Å². The molecule has 11 heavy (non-hydrogen) atoms. The summed E-state index contributed by atoms with van der Waals surface area (Å²) in [5.74, 6) is 0. The Hall–Kier alpha value is -0.500. The summed E-state index contributed by atoms with van der Waals surface area (Å²) in [6.45, 7) is 4.22. The van der Waals surface area contributed by atoms with Gasteiger partial charge in [-0.25, -0.2) is 0 Å². The van der Waals surface area contributed by atoms with E-state index in [1.54, 1.807) is 0 Å². The van der Waals surface area contributed by atoms with Crippen molar-refractivity contribution in [3.63, 3.8) is 0 Å². The summed E-state index contributed by atoms with van der Waals surface area (Å²) in [6.07, 6.45) is 6.66. The average Bonchev–Trinajstić information content (AvgIpc) is 2.27. The van der Waals surface area contributed by atoms with E-state index in [0.29, 0.717) is 11.3 Å². The van der Waals surface area contributed by atoms with Gasteiger partial charge >= 0.3 is 0 Å². The van der Waals surface area contributed by atoms with E-state index < -0.39 is 0 Å². The predicted octanol–water partition coefficient (Wildman–Crippen LogP) is 2.40. The maximum atomic E-state index is 4.49. The Morgan fingerprint density at radius 1 is 1.45 bits per heavy atom. The second kappa shape index (κ2) is 2.52. The molecule has 2 rings (SSSR count). The molecule has 0 aromatic carbocycles. The molecule has 1 heterocycles. The SMILES string of the molecule is CC1=CC2SC(C)=NC2C=C1. The zero-order valence-corrected chi connectivity index (χ0v) is 7.56. The minimum absolute atomic E-state index is 0.420. The van der Waals surface area contributed by atoms with Crippen LogP contribution in [0.3, 0.4) is 0 Å². The van der Waals surface area contributed by atoms with Crippen LogP contribution >= 0.6 is 11.8 Å². The maximum absolute atomic E-state index is 4.49. The zero-order valence-electron chi connectivity index (χ0n) is 6.74. The molecule has 0 spiro atoms. The van der Waals surface area contributed by atoms with Gasteiger partial charge in [0.2, 0.25) is 0 Å². The molecular weight excluding hydrogens is 154 g/mol. The molecule has 2 unspecified atom stereocenters. The van der Waals surface area contributed by atoms with Gasteiger partial charge in [0.25, 0.3) is 0 Å². The van der Waals surface area contributed by atoms with E-state index in [1.807, 2.05) is 11.8 Å². The zero-order chi connectivity index (χ0) is 7.84. The minimum atomic E-state index is 0.420. The number of hydrogen-bond donors (Lipinski definition) is 0. The number of fused-ring (bicyclic) bond motifs is 1. The highest BCUT2D eigenvalue weighted by atomic mass is 32.2. The molecule has 1 nitrogen and oxygen atoms in total. The first-order valence-electron chi connectivity index (χ1n) is 3.83. The Labute approximate surface area is 71.3 Å². The van der Waals surface area contributed by atoms with Gasteiger partial charge in [-0.1, -0.05) is 23.8 Å². The molecule has 0 N–H and O–H groups in total. The fourth-order valence-corrected chi connectivity index (χ4v) is 2.58. The topological polar surface area (TPSA) is 12.4 Å². The van der Waals surface area contributed by atoms with Crippen LogP contribution in [0.5, 0.6) is 0 Å². The van der Waals surface area contributed by atoms with E-state index in [0.717, 1.165) is 0 Å². The van der Waals surface area contributed by atoms with Gasteiger partial charge in [0.15, 0.2) is 0 Å². The molecule has 2 heteroatoms. The first kappa shape index (κ1) is 7.17. The van der Waals surface area contributed by atoms with E-state index in [2.05, 4.69) is 37.1 Å². The van der Waals surface area contributed by atoms with Crippen LogP contribution in [0.15, 0.2) is 28.8 Å². The van der Waals surface area contributed by atoms with Crippen molar-refractivity contribution in [3.8, 4) is 0 Å². The molecule has 0 aromatic heterocycles. The standard InChI is InChI=1S/C9H11NS/c1-6-3-4-8-9(5-6)11-7(2)10-8/h3-5,8-9H,1-2H3. The van der Waals surface area contributed by atoms with Gasteiger partial charge in [-0.15, -0.1) is 11.8 Å². The summed E-state index contributed by atoms with van der Waals surface area (Å²) in [4.78, 5) is 4.49.